The summed E-state index contributed by atoms with van der Waals surface area (Å²) in [6, 6.07) is 12.5. The van der Waals surface area contributed by atoms with Gasteiger partial charge in [0.2, 0.25) is 26.0 Å². The van der Waals surface area contributed by atoms with E-state index in [4.69, 9.17) is 4.74 Å². The maximum Gasteiger partial charge on any atom is 0.242 e. The molecular weight excluding hydrogens is 404 g/mol. The summed E-state index contributed by atoms with van der Waals surface area (Å²) in [5, 5.41) is 0. The number of anilines is 1. The van der Waals surface area contributed by atoms with Crippen molar-refractivity contribution in [2.75, 3.05) is 23.7 Å². The highest BCUT2D eigenvalue weighted by molar-refractivity contribution is 7.94. The molecule has 1 amide bonds. The molecule has 1 aliphatic rings. The first-order chi connectivity index (χ1) is 13.2. The van der Waals surface area contributed by atoms with Gasteiger partial charge >= 0.3 is 0 Å². The summed E-state index contributed by atoms with van der Waals surface area (Å²) < 4.78 is 57.0. The zero-order valence-corrected chi connectivity index (χ0v) is 16.8. The third-order valence-electron chi connectivity index (χ3n) is 4.32. The first-order valence-electron chi connectivity index (χ1n) is 8.51. The van der Waals surface area contributed by atoms with E-state index in [1.807, 2.05) is 12.1 Å². The molecule has 0 unspecified atom stereocenters. The van der Waals surface area contributed by atoms with E-state index in [9.17, 15) is 21.6 Å². The SMILES string of the molecule is COc1ccc(CCNS(=O)(=O)c2ccc(N3C(=O)CCS3(=O)=O)cc2)cc1. The van der Waals surface area contributed by atoms with Crippen LogP contribution in [0.1, 0.15) is 12.0 Å². The van der Waals surface area contributed by atoms with E-state index in [0.29, 0.717) is 6.42 Å². The number of hydrogen-bond donors (Lipinski definition) is 1. The van der Waals surface area contributed by atoms with Crippen molar-refractivity contribution in [2.24, 2.45) is 0 Å². The van der Waals surface area contributed by atoms with Gasteiger partial charge in [-0.25, -0.2) is 25.9 Å². The average Bonchev–Trinajstić information content (AvgIpc) is 2.95. The van der Waals surface area contributed by atoms with E-state index in [1.165, 1.54) is 24.3 Å². The van der Waals surface area contributed by atoms with Crippen LogP contribution in [0.5, 0.6) is 5.75 Å². The Balaban J connectivity index is 1.66. The lowest BCUT2D eigenvalue weighted by molar-refractivity contribution is -0.116. The van der Waals surface area contributed by atoms with E-state index in [2.05, 4.69) is 4.72 Å². The van der Waals surface area contributed by atoms with Crippen LogP contribution in [0.4, 0.5) is 5.69 Å². The summed E-state index contributed by atoms with van der Waals surface area (Å²) >= 11 is 0. The monoisotopic (exact) mass is 424 g/mol. The molecule has 0 bridgehead atoms. The zero-order chi connectivity index (χ0) is 20.4. The molecule has 0 radical (unpaired) electrons. The van der Waals surface area contributed by atoms with Crippen LogP contribution in [-0.2, 0) is 31.3 Å². The molecule has 10 heteroatoms. The van der Waals surface area contributed by atoms with Gasteiger partial charge in [0.25, 0.3) is 0 Å². The molecule has 0 aromatic heterocycles. The van der Waals surface area contributed by atoms with E-state index in [0.717, 1.165) is 15.6 Å². The lowest BCUT2D eigenvalue weighted by Gasteiger charge is -2.15. The molecule has 0 saturated carbocycles. The van der Waals surface area contributed by atoms with Gasteiger partial charge in [0.1, 0.15) is 5.75 Å². The van der Waals surface area contributed by atoms with Gasteiger partial charge in [-0.3, -0.25) is 4.79 Å². The Morgan fingerprint density at radius 3 is 2.25 bits per heavy atom. The van der Waals surface area contributed by atoms with Crippen LogP contribution < -0.4 is 13.8 Å². The van der Waals surface area contributed by atoms with Crippen LogP contribution in [0.3, 0.4) is 0 Å². The number of benzene rings is 2. The molecule has 8 nitrogen and oxygen atoms in total. The zero-order valence-electron chi connectivity index (χ0n) is 15.2. The molecule has 0 atom stereocenters. The molecule has 2 aromatic carbocycles. The molecule has 1 aliphatic heterocycles. The highest BCUT2D eigenvalue weighted by Crippen LogP contribution is 2.26. The van der Waals surface area contributed by atoms with Crippen molar-refractivity contribution in [2.45, 2.75) is 17.7 Å². The topological polar surface area (TPSA) is 110 Å². The number of ether oxygens (including phenoxy) is 1. The largest absolute Gasteiger partial charge is 0.497 e. The van der Waals surface area contributed by atoms with Gasteiger partial charge in [-0.2, -0.15) is 0 Å². The molecule has 1 N–H and O–H groups in total. The van der Waals surface area contributed by atoms with Crippen LogP contribution in [0.15, 0.2) is 53.4 Å². The van der Waals surface area contributed by atoms with Crippen LogP contribution in [0.25, 0.3) is 0 Å². The first kappa shape index (κ1) is 20.3. The van der Waals surface area contributed by atoms with Crippen molar-refractivity contribution in [3.05, 3.63) is 54.1 Å². The van der Waals surface area contributed by atoms with Gasteiger partial charge in [0.15, 0.2) is 0 Å². The second-order valence-electron chi connectivity index (χ2n) is 6.21. The third-order valence-corrected chi connectivity index (χ3v) is 7.49. The number of carbonyl (C=O) groups is 1. The smallest absolute Gasteiger partial charge is 0.242 e. The Bertz CT molecular complexity index is 1060. The molecule has 3 rings (SSSR count). The normalized spacial score (nSPS) is 16.3. The van der Waals surface area contributed by atoms with Crippen LogP contribution >= 0.6 is 0 Å². The molecule has 1 heterocycles. The van der Waals surface area contributed by atoms with Gasteiger partial charge < -0.3 is 4.74 Å². The van der Waals surface area contributed by atoms with E-state index in [1.54, 1.807) is 19.2 Å². The number of amides is 1. The Labute approximate surface area is 164 Å². The minimum absolute atomic E-state index is 0.00461. The number of nitrogens with zero attached hydrogens (tertiary/aromatic N) is 1. The fourth-order valence-corrected chi connectivity index (χ4v) is 5.33. The maximum atomic E-state index is 12.4. The summed E-state index contributed by atoms with van der Waals surface area (Å²) in [4.78, 5) is 11.8. The number of rotatable bonds is 7. The quantitative estimate of drug-likeness (QED) is 0.717. The molecule has 1 fully saturated rings. The predicted molar refractivity (Wildman–Crippen MR) is 104 cm³/mol. The van der Waals surface area contributed by atoms with E-state index in [-0.39, 0.29) is 29.3 Å². The molecule has 1 saturated heterocycles. The van der Waals surface area contributed by atoms with Crippen molar-refractivity contribution in [1.82, 2.24) is 4.72 Å². The second-order valence-corrected chi connectivity index (χ2v) is 9.92. The van der Waals surface area contributed by atoms with Crippen molar-refractivity contribution in [3.8, 4) is 5.75 Å². The number of carbonyl (C=O) groups excluding carboxylic acids is 1. The van der Waals surface area contributed by atoms with Crippen molar-refractivity contribution >= 4 is 31.6 Å². The van der Waals surface area contributed by atoms with Crippen LogP contribution in [0, 0.1) is 0 Å². The minimum Gasteiger partial charge on any atom is -0.497 e. The lowest BCUT2D eigenvalue weighted by atomic mass is 10.1. The van der Waals surface area contributed by atoms with Crippen molar-refractivity contribution in [3.63, 3.8) is 0 Å². The van der Waals surface area contributed by atoms with Gasteiger partial charge in [0, 0.05) is 13.0 Å². The third kappa shape index (κ3) is 4.34. The van der Waals surface area contributed by atoms with E-state index >= 15 is 0 Å². The molecular formula is C18H20N2O6S2. The fourth-order valence-electron chi connectivity index (χ4n) is 2.83. The average molecular weight is 425 g/mol. The number of methoxy groups -OCH3 is 1. The number of nitrogens with one attached hydrogen (secondary N) is 1. The summed E-state index contributed by atoms with van der Waals surface area (Å²) in [5.74, 6) is -0.0325. The Morgan fingerprint density at radius 2 is 1.71 bits per heavy atom. The molecule has 28 heavy (non-hydrogen) atoms. The Morgan fingerprint density at radius 1 is 1.07 bits per heavy atom. The van der Waals surface area contributed by atoms with Crippen molar-refractivity contribution < 1.29 is 26.4 Å². The fraction of sp³-hybridized carbons (Fsp3) is 0.278. The first-order valence-corrected chi connectivity index (χ1v) is 11.6. The lowest BCUT2D eigenvalue weighted by Crippen LogP contribution is -2.29. The van der Waals surface area contributed by atoms with Crippen molar-refractivity contribution in [1.29, 1.82) is 0 Å². The highest BCUT2D eigenvalue weighted by Gasteiger charge is 2.36. The number of sulfonamides is 2. The van der Waals surface area contributed by atoms with Crippen LogP contribution in [-0.4, -0.2) is 42.2 Å². The molecule has 0 spiro atoms. The van der Waals surface area contributed by atoms with Gasteiger partial charge in [0.05, 0.1) is 23.4 Å². The van der Waals surface area contributed by atoms with Gasteiger partial charge in [-0.1, -0.05) is 12.1 Å². The van der Waals surface area contributed by atoms with E-state index < -0.39 is 26.0 Å². The standard InChI is InChI=1S/C18H20N2O6S2/c1-26-16-6-2-14(3-7-16)10-12-19-28(24,25)17-8-4-15(5-9-17)20-18(21)11-13-27(20,22)23/h2-9,19H,10-13H2,1H3. The molecule has 150 valence electrons. The minimum atomic E-state index is -3.75. The van der Waals surface area contributed by atoms with Gasteiger partial charge in [-0.05, 0) is 48.4 Å². The van der Waals surface area contributed by atoms with Crippen LogP contribution in [0.2, 0.25) is 0 Å². The van der Waals surface area contributed by atoms with Gasteiger partial charge in [-0.15, -0.1) is 0 Å². The Hall–Kier alpha value is -2.43. The number of hydrogen-bond acceptors (Lipinski definition) is 6. The Kier molecular flexibility index (Phi) is 5.73. The molecule has 2 aromatic rings. The summed E-state index contributed by atoms with van der Waals surface area (Å²) in [6.07, 6.45) is 0.428. The second kappa shape index (κ2) is 7.90. The maximum absolute atomic E-state index is 12.4. The summed E-state index contributed by atoms with van der Waals surface area (Å²) in [7, 11) is -5.86. The molecule has 0 aliphatic carbocycles. The highest BCUT2D eigenvalue weighted by atomic mass is 32.2. The predicted octanol–water partition coefficient (Wildman–Crippen LogP) is 1.28. The summed E-state index contributed by atoms with van der Waals surface area (Å²) in [5.41, 5.74) is 1.09. The summed E-state index contributed by atoms with van der Waals surface area (Å²) in [6.45, 7) is 0.204.